The molecule has 1 aliphatic carbocycles. The zero-order valence-electron chi connectivity index (χ0n) is 9.24. The maximum absolute atomic E-state index is 9.30. The smallest absolute Gasteiger partial charge is 0.165 e. The van der Waals surface area contributed by atoms with E-state index in [-0.39, 0.29) is 18.6 Å². The fourth-order valence-corrected chi connectivity index (χ4v) is 2.33. The molecule has 2 unspecified atom stereocenters. The highest BCUT2D eigenvalue weighted by atomic mass is 16.3. The molecule has 0 bridgehead atoms. The summed E-state index contributed by atoms with van der Waals surface area (Å²) in [4.78, 5) is 12.3. The van der Waals surface area contributed by atoms with Crippen LogP contribution in [0.1, 0.15) is 12.5 Å². The molecule has 1 aliphatic rings. The van der Waals surface area contributed by atoms with Gasteiger partial charge in [-0.3, -0.25) is 0 Å². The molecule has 88 valence electrons. The molecule has 2 aromatic rings. The van der Waals surface area contributed by atoms with Gasteiger partial charge in [-0.05, 0) is 6.42 Å². The lowest BCUT2D eigenvalue weighted by Crippen LogP contribution is -2.33. The molecule has 0 aromatic carbocycles. The van der Waals surface area contributed by atoms with E-state index in [2.05, 4.69) is 21.5 Å². The van der Waals surface area contributed by atoms with Crippen LogP contribution in [0.15, 0.2) is 24.8 Å². The molecular weight excluding hydrogens is 218 g/mol. The van der Waals surface area contributed by atoms with Crippen LogP contribution in [-0.2, 0) is 0 Å². The van der Waals surface area contributed by atoms with E-state index < -0.39 is 0 Å². The highest BCUT2D eigenvalue weighted by Crippen LogP contribution is 2.43. The van der Waals surface area contributed by atoms with Crippen LogP contribution in [0.3, 0.4) is 0 Å². The van der Waals surface area contributed by atoms with Gasteiger partial charge in [0.25, 0.3) is 0 Å². The zero-order valence-corrected chi connectivity index (χ0v) is 9.24. The van der Waals surface area contributed by atoms with Crippen molar-refractivity contribution in [3.63, 3.8) is 0 Å². The number of aromatic nitrogens is 4. The summed E-state index contributed by atoms with van der Waals surface area (Å²) in [7, 11) is 0. The molecule has 6 heteroatoms. The molecule has 0 amide bonds. The molecule has 2 atom stereocenters. The van der Waals surface area contributed by atoms with Crippen molar-refractivity contribution in [1.29, 1.82) is 0 Å². The summed E-state index contributed by atoms with van der Waals surface area (Å²) in [6.45, 7) is 4.02. The van der Waals surface area contributed by atoms with Gasteiger partial charge in [-0.15, -0.1) is 0 Å². The molecule has 2 aromatic heterocycles. The predicted molar refractivity (Wildman–Crippen MR) is 63.1 cm³/mol. The molecule has 3 rings (SSSR count). The molecule has 0 saturated heterocycles. The highest BCUT2D eigenvalue weighted by Gasteiger charge is 2.36. The van der Waals surface area contributed by atoms with E-state index in [4.69, 9.17) is 5.73 Å². The Balaban J connectivity index is 2.07. The standard InChI is InChI=1S/C11H13N5O/c1-6-2-8(7(6)3-17)16-5-15-9-10(12)13-4-14-11(9)16/h4-5,7-8,17H,1-3H2,(H2,12,13,14). The van der Waals surface area contributed by atoms with Crippen molar-refractivity contribution in [3.8, 4) is 0 Å². The van der Waals surface area contributed by atoms with Gasteiger partial charge < -0.3 is 15.4 Å². The van der Waals surface area contributed by atoms with Gasteiger partial charge in [0.05, 0.1) is 12.9 Å². The number of rotatable bonds is 2. The number of fused-ring (bicyclic) bond motifs is 1. The van der Waals surface area contributed by atoms with Gasteiger partial charge >= 0.3 is 0 Å². The number of aliphatic hydroxyl groups is 1. The number of hydrogen-bond donors (Lipinski definition) is 2. The normalized spacial score (nSPS) is 23.9. The molecule has 2 heterocycles. The molecular formula is C11H13N5O. The van der Waals surface area contributed by atoms with E-state index in [0.717, 1.165) is 12.0 Å². The number of hydrogen-bond acceptors (Lipinski definition) is 5. The van der Waals surface area contributed by atoms with Crippen molar-refractivity contribution in [2.24, 2.45) is 5.92 Å². The lowest BCUT2D eigenvalue weighted by molar-refractivity contribution is 0.158. The number of nitrogens with two attached hydrogens (primary N) is 1. The van der Waals surface area contributed by atoms with E-state index in [1.165, 1.54) is 6.33 Å². The van der Waals surface area contributed by atoms with Crippen LogP contribution in [0.5, 0.6) is 0 Å². The summed E-state index contributed by atoms with van der Waals surface area (Å²) in [6, 6.07) is 0.173. The predicted octanol–water partition coefficient (Wildman–Crippen LogP) is 0.518. The van der Waals surface area contributed by atoms with Crippen LogP contribution in [0.2, 0.25) is 0 Å². The fourth-order valence-electron chi connectivity index (χ4n) is 2.33. The van der Waals surface area contributed by atoms with Crippen molar-refractivity contribution < 1.29 is 5.11 Å². The van der Waals surface area contributed by atoms with E-state index in [1.54, 1.807) is 6.33 Å². The minimum Gasteiger partial charge on any atom is -0.396 e. The first-order chi connectivity index (χ1) is 8.22. The maximum atomic E-state index is 9.30. The van der Waals surface area contributed by atoms with E-state index in [0.29, 0.717) is 17.0 Å². The van der Waals surface area contributed by atoms with Gasteiger partial charge in [0.2, 0.25) is 0 Å². The van der Waals surface area contributed by atoms with Crippen molar-refractivity contribution in [1.82, 2.24) is 19.5 Å². The number of nitrogens with zero attached hydrogens (tertiary/aromatic N) is 4. The van der Waals surface area contributed by atoms with Crippen LogP contribution in [0.25, 0.3) is 11.2 Å². The largest absolute Gasteiger partial charge is 0.396 e. The average molecular weight is 231 g/mol. The Morgan fingerprint density at radius 3 is 3.00 bits per heavy atom. The number of imidazole rings is 1. The van der Waals surface area contributed by atoms with Gasteiger partial charge in [-0.1, -0.05) is 12.2 Å². The number of anilines is 1. The van der Waals surface area contributed by atoms with Gasteiger partial charge in [-0.25, -0.2) is 15.0 Å². The summed E-state index contributed by atoms with van der Waals surface area (Å²) in [5.74, 6) is 0.469. The monoisotopic (exact) mass is 231 g/mol. The quantitative estimate of drug-likeness (QED) is 0.735. The SMILES string of the molecule is C=C1CC(n2cnc3c(N)ncnc32)C1CO. The Hall–Kier alpha value is -1.95. The second-order valence-corrected chi connectivity index (χ2v) is 4.30. The minimum atomic E-state index is 0.0867. The topological polar surface area (TPSA) is 89.9 Å². The summed E-state index contributed by atoms with van der Waals surface area (Å²) in [5, 5.41) is 9.30. The molecule has 0 spiro atoms. The van der Waals surface area contributed by atoms with E-state index in [1.807, 2.05) is 4.57 Å². The van der Waals surface area contributed by atoms with Crippen molar-refractivity contribution in [3.05, 3.63) is 24.8 Å². The molecule has 3 N–H and O–H groups in total. The number of nitrogen functional groups attached to an aromatic ring is 1. The Morgan fingerprint density at radius 1 is 1.47 bits per heavy atom. The van der Waals surface area contributed by atoms with Gasteiger partial charge in [0.15, 0.2) is 11.5 Å². The first kappa shape index (κ1) is 10.2. The average Bonchev–Trinajstić information content (AvgIpc) is 2.71. The third kappa shape index (κ3) is 1.34. The van der Waals surface area contributed by atoms with Crippen molar-refractivity contribution in [2.45, 2.75) is 12.5 Å². The van der Waals surface area contributed by atoms with Gasteiger partial charge in [-0.2, -0.15) is 0 Å². The maximum Gasteiger partial charge on any atom is 0.165 e. The Bertz CT molecular complexity index is 591. The first-order valence-electron chi connectivity index (χ1n) is 5.44. The third-order valence-corrected chi connectivity index (χ3v) is 3.40. The summed E-state index contributed by atoms with van der Waals surface area (Å²) in [5.41, 5.74) is 8.13. The first-order valence-corrected chi connectivity index (χ1v) is 5.44. The Labute approximate surface area is 97.8 Å². The molecule has 0 radical (unpaired) electrons. The summed E-state index contributed by atoms with van der Waals surface area (Å²) in [6.07, 6.45) is 3.98. The molecule has 6 nitrogen and oxygen atoms in total. The lowest BCUT2D eigenvalue weighted by atomic mass is 9.75. The van der Waals surface area contributed by atoms with Crippen LogP contribution in [-0.4, -0.2) is 31.2 Å². The van der Waals surface area contributed by atoms with Crippen LogP contribution >= 0.6 is 0 Å². The minimum absolute atomic E-state index is 0.0867. The highest BCUT2D eigenvalue weighted by molar-refractivity contribution is 5.81. The Kier molecular flexibility index (Phi) is 2.12. The van der Waals surface area contributed by atoms with E-state index in [9.17, 15) is 5.11 Å². The third-order valence-electron chi connectivity index (χ3n) is 3.40. The summed E-state index contributed by atoms with van der Waals surface area (Å²) < 4.78 is 1.95. The second-order valence-electron chi connectivity index (χ2n) is 4.30. The van der Waals surface area contributed by atoms with E-state index >= 15 is 0 Å². The summed E-state index contributed by atoms with van der Waals surface area (Å²) >= 11 is 0. The van der Waals surface area contributed by atoms with Crippen LogP contribution in [0, 0.1) is 5.92 Å². The van der Waals surface area contributed by atoms with Gasteiger partial charge in [0, 0.05) is 12.0 Å². The van der Waals surface area contributed by atoms with Gasteiger partial charge in [0.1, 0.15) is 11.8 Å². The zero-order chi connectivity index (χ0) is 12.0. The Morgan fingerprint density at radius 2 is 2.29 bits per heavy atom. The molecule has 1 saturated carbocycles. The second kappa shape index (κ2) is 3.53. The molecule has 17 heavy (non-hydrogen) atoms. The van der Waals surface area contributed by atoms with Crippen LogP contribution < -0.4 is 5.73 Å². The molecule has 1 fully saturated rings. The van der Waals surface area contributed by atoms with Crippen molar-refractivity contribution >= 4 is 17.0 Å². The number of aliphatic hydroxyl groups excluding tert-OH is 1. The van der Waals surface area contributed by atoms with Crippen molar-refractivity contribution in [2.75, 3.05) is 12.3 Å². The molecule has 0 aliphatic heterocycles. The fraction of sp³-hybridized carbons (Fsp3) is 0.364. The lowest BCUT2D eigenvalue weighted by Gasteiger charge is -2.38. The van der Waals surface area contributed by atoms with Crippen LogP contribution in [0.4, 0.5) is 5.82 Å².